The normalized spacial score (nSPS) is 11.1. The molecule has 0 saturated carbocycles. The van der Waals surface area contributed by atoms with Crippen molar-refractivity contribution in [1.29, 1.82) is 0 Å². The van der Waals surface area contributed by atoms with Gasteiger partial charge in [0.25, 0.3) is 0 Å². The van der Waals surface area contributed by atoms with Crippen molar-refractivity contribution in [3.63, 3.8) is 0 Å². The summed E-state index contributed by atoms with van der Waals surface area (Å²) in [5, 5.41) is 2.78. The first-order valence-corrected chi connectivity index (χ1v) is 5.45. The molecule has 0 rings (SSSR count). The standard InChI is InChI=1S/C10H20N2O2S/c1-4-14-6-5-8(13)12-7-10(2,3)9(11)15/h4-7H2,1-3H3,(H2,11,15)(H,12,13). The smallest absolute Gasteiger partial charge is 0.222 e. The summed E-state index contributed by atoms with van der Waals surface area (Å²) in [6.45, 7) is 7.25. The quantitative estimate of drug-likeness (QED) is 0.504. The Kier molecular flexibility index (Phi) is 6.43. The van der Waals surface area contributed by atoms with Crippen LogP contribution in [-0.4, -0.2) is 30.7 Å². The molecule has 0 aliphatic rings. The lowest BCUT2D eigenvalue weighted by Crippen LogP contribution is -2.41. The van der Waals surface area contributed by atoms with E-state index in [0.717, 1.165) is 0 Å². The van der Waals surface area contributed by atoms with Gasteiger partial charge in [0.2, 0.25) is 5.91 Å². The maximum atomic E-state index is 11.3. The molecule has 0 aromatic carbocycles. The van der Waals surface area contributed by atoms with E-state index in [1.807, 2.05) is 20.8 Å². The molecule has 1 amide bonds. The molecule has 4 nitrogen and oxygen atoms in total. The molecule has 88 valence electrons. The third kappa shape index (κ3) is 6.41. The SMILES string of the molecule is CCOCCC(=O)NCC(C)(C)C(N)=S. The zero-order valence-electron chi connectivity index (χ0n) is 9.63. The van der Waals surface area contributed by atoms with Crippen LogP contribution in [-0.2, 0) is 9.53 Å². The first-order chi connectivity index (χ1) is 6.90. The van der Waals surface area contributed by atoms with Gasteiger partial charge in [0.15, 0.2) is 0 Å². The molecule has 0 fully saturated rings. The zero-order chi connectivity index (χ0) is 11.9. The van der Waals surface area contributed by atoms with Crippen LogP contribution in [0.25, 0.3) is 0 Å². The van der Waals surface area contributed by atoms with Crippen LogP contribution in [0.1, 0.15) is 27.2 Å². The Bertz CT molecular complexity index is 229. The second kappa shape index (κ2) is 6.74. The molecule has 0 aromatic rings. The van der Waals surface area contributed by atoms with Crippen molar-refractivity contribution in [2.75, 3.05) is 19.8 Å². The van der Waals surface area contributed by atoms with Crippen molar-refractivity contribution < 1.29 is 9.53 Å². The molecule has 3 N–H and O–H groups in total. The fourth-order valence-electron chi connectivity index (χ4n) is 0.804. The average Bonchev–Trinajstić information content (AvgIpc) is 2.15. The third-order valence-corrected chi connectivity index (χ3v) is 2.62. The van der Waals surface area contributed by atoms with E-state index in [1.54, 1.807) is 0 Å². The highest BCUT2D eigenvalue weighted by Gasteiger charge is 2.21. The van der Waals surface area contributed by atoms with E-state index in [-0.39, 0.29) is 11.3 Å². The fraction of sp³-hybridized carbons (Fsp3) is 0.800. The van der Waals surface area contributed by atoms with Gasteiger partial charge in [0.05, 0.1) is 11.6 Å². The summed E-state index contributed by atoms with van der Waals surface area (Å²) in [6, 6.07) is 0. The summed E-state index contributed by atoms with van der Waals surface area (Å²) in [4.78, 5) is 11.7. The number of carbonyl (C=O) groups excluding carboxylic acids is 1. The number of nitrogens with two attached hydrogens (primary N) is 1. The zero-order valence-corrected chi connectivity index (χ0v) is 10.4. The minimum Gasteiger partial charge on any atom is -0.393 e. The Morgan fingerprint density at radius 3 is 2.60 bits per heavy atom. The summed E-state index contributed by atoms with van der Waals surface area (Å²) in [5.41, 5.74) is 5.20. The topological polar surface area (TPSA) is 64.3 Å². The van der Waals surface area contributed by atoms with Crippen molar-refractivity contribution >= 4 is 23.1 Å². The van der Waals surface area contributed by atoms with E-state index in [0.29, 0.717) is 31.2 Å². The van der Waals surface area contributed by atoms with Crippen molar-refractivity contribution in [3.8, 4) is 0 Å². The second-order valence-electron chi connectivity index (χ2n) is 3.97. The van der Waals surface area contributed by atoms with Gasteiger partial charge in [-0.05, 0) is 6.92 Å². The number of ether oxygens (including phenoxy) is 1. The number of thiocarbonyl (C=S) groups is 1. The summed E-state index contributed by atoms with van der Waals surface area (Å²) in [6.07, 6.45) is 0.376. The lowest BCUT2D eigenvalue weighted by Gasteiger charge is -2.23. The van der Waals surface area contributed by atoms with Gasteiger partial charge in [-0.1, -0.05) is 26.1 Å². The minimum absolute atomic E-state index is 0.0345. The van der Waals surface area contributed by atoms with Crippen LogP contribution in [0.3, 0.4) is 0 Å². The molecule has 15 heavy (non-hydrogen) atoms. The van der Waals surface area contributed by atoms with Gasteiger partial charge < -0.3 is 15.8 Å². The molecule has 0 atom stereocenters. The largest absolute Gasteiger partial charge is 0.393 e. The van der Waals surface area contributed by atoms with Crippen LogP contribution in [0.4, 0.5) is 0 Å². The Morgan fingerprint density at radius 1 is 1.53 bits per heavy atom. The van der Waals surface area contributed by atoms with E-state index in [2.05, 4.69) is 5.32 Å². The Hall–Kier alpha value is -0.680. The van der Waals surface area contributed by atoms with Gasteiger partial charge in [0.1, 0.15) is 0 Å². The molecule has 0 saturated heterocycles. The van der Waals surface area contributed by atoms with Gasteiger partial charge in [-0.3, -0.25) is 4.79 Å². The number of rotatable bonds is 7. The summed E-state index contributed by atoms with van der Waals surface area (Å²) < 4.78 is 5.07. The van der Waals surface area contributed by atoms with E-state index in [1.165, 1.54) is 0 Å². The number of nitrogens with one attached hydrogen (secondary N) is 1. The van der Waals surface area contributed by atoms with Crippen molar-refractivity contribution in [3.05, 3.63) is 0 Å². The molecule has 0 unspecified atom stereocenters. The number of carbonyl (C=O) groups is 1. The fourth-order valence-corrected chi connectivity index (χ4v) is 0.876. The van der Waals surface area contributed by atoms with E-state index < -0.39 is 0 Å². The van der Waals surface area contributed by atoms with Gasteiger partial charge in [-0.2, -0.15) is 0 Å². The lowest BCUT2D eigenvalue weighted by atomic mass is 9.93. The van der Waals surface area contributed by atoms with Gasteiger partial charge in [-0.15, -0.1) is 0 Å². The second-order valence-corrected chi connectivity index (χ2v) is 4.41. The summed E-state index contributed by atoms with van der Waals surface area (Å²) in [7, 11) is 0. The number of hydrogen-bond donors (Lipinski definition) is 2. The molecule has 0 aliphatic heterocycles. The maximum absolute atomic E-state index is 11.3. The predicted molar refractivity (Wildman–Crippen MR) is 64.7 cm³/mol. The van der Waals surface area contributed by atoms with E-state index in [4.69, 9.17) is 22.7 Å². The van der Waals surface area contributed by atoms with E-state index in [9.17, 15) is 4.79 Å². The predicted octanol–water partition coefficient (Wildman–Crippen LogP) is 0.842. The molecular formula is C10H20N2O2S. The first-order valence-electron chi connectivity index (χ1n) is 5.04. The van der Waals surface area contributed by atoms with Crippen LogP contribution >= 0.6 is 12.2 Å². The highest BCUT2D eigenvalue weighted by molar-refractivity contribution is 7.80. The van der Waals surface area contributed by atoms with Crippen LogP contribution in [0, 0.1) is 5.41 Å². The number of amides is 1. The van der Waals surface area contributed by atoms with Crippen LogP contribution < -0.4 is 11.1 Å². The van der Waals surface area contributed by atoms with Gasteiger partial charge >= 0.3 is 0 Å². The maximum Gasteiger partial charge on any atom is 0.222 e. The lowest BCUT2D eigenvalue weighted by molar-refractivity contribution is -0.122. The molecule has 0 bridgehead atoms. The molecule has 0 radical (unpaired) electrons. The van der Waals surface area contributed by atoms with Crippen LogP contribution in [0.2, 0.25) is 0 Å². The minimum atomic E-state index is -0.337. The highest BCUT2D eigenvalue weighted by Crippen LogP contribution is 2.13. The van der Waals surface area contributed by atoms with Gasteiger partial charge in [0, 0.05) is 25.0 Å². The first kappa shape index (κ1) is 14.3. The summed E-state index contributed by atoms with van der Waals surface area (Å²) in [5.74, 6) is -0.0345. The van der Waals surface area contributed by atoms with Crippen LogP contribution in [0.15, 0.2) is 0 Å². The molecule has 0 spiro atoms. The molecule has 0 aliphatic carbocycles. The third-order valence-electron chi connectivity index (χ3n) is 2.07. The Balaban J connectivity index is 3.75. The van der Waals surface area contributed by atoms with Crippen molar-refractivity contribution in [1.82, 2.24) is 5.32 Å². The molecule has 0 heterocycles. The van der Waals surface area contributed by atoms with Crippen LogP contribution in [0.5, 0.6) is 0 Å². The number of hydrogen-bond acceptors (Lipinski definition) is 3. The summed E-state index contributed by atoms with van der Waals surface area (Å²) >= 11 is 4.89. The van der Waals surface area contributed by atoms with E-state index >= 15 is 0 Å². The Morgan fingerprint density at radius 2 is 2.13 bits per heavy atom. The average molecular weight is 232 g/mol. The Labute approximate surface area is 96.5 Å². The van der Waals surface area contributed by atoms with Crippen molar-refractivity contribution in [2.45, 2.75) is 27.2 Å². The monoisotopic (exact) mass is 232 g/mol. The molecular weight excluding hydrogens is 212 g/mol. The highest BCUT2D eigenvalue weighted by atomic mass is 32.1. The molecule has 5 heteroatoms. The van der Waals surface area contributed by atoms with Gasteiger partial charge in [-0.25, -0.2) is 0 Å². The van der Waals surface area contributed by atoms with Crippen molar-refractivity contribution in [2.24, 2.45) is 11.1 Å². The molecule has 0 aromatic heterocycles.